The summed E-state index contributed by atoms with van der Waals surface area (Å²) in [5, 5.41) is 2.79. The van der Waals surface area contributed by atoms with E-state index in [1.165, 1.54) is 12.8 Å². The van der Waals surface area contributed by atoms with Gasteiger partial charge in [-0.05, 0) is 18.8 Å². The minimum Gasteiger partial charge on any atom is -0.343 e. The molecule has 110 valence electrons. The first kappa shape index (κ1) is 16.0. The normalized spacial score (nSPS) is 24.6. The van der Waals surface area contributed by atoms with E-state index in [0.717, 1.165) is 12.8 Å². The fraction of sp³-hybridized carbons (Fsp3) is 0.867. The van der Waals surface area contributed by atoms with Crippen LogP contribution in [0.1, 0.15) is 60.3 Å². The minimum atomic E-state index is -0.391. The monoisotopic (exact) mass is 268 g/mol. The highest BCUT2D eigenvalue weighted by Crippen LogP contribution is 2.28. The lowest BCUT2D eigenvalue weighted by Crippen LogP contribution is -2.66. The second-order valence-corrected chi connectivity index (χ2v) is 6.59. The molecule has 2 atom stereocenters. The third kappa shape index (κ3) is 3.95. The van der Waals surface area contributed by atoms with Gasteiger partial charge in [0.1, 0.15) is 12.1 Å². The summed E-state index contributed by atoms with van der Waals surface area (Å²) in [7, 11) is 0. The first-order valence-corrected chi connectivity index (χ1v) is 7.40. The summed E-state index contributed by atoms with van der Waals surface area (Å²) in [6.45, 7) is 10.7. The van der Waals surface area contributed by atoms with Gasteiger partial charge in [-0.25, -0.2) is 0 Å². The quantitative estimate of drug-likeness (QED) is 0.778. The van der Waals surface area contributed by atoms with Crippen LogP contribution in [-0.2, 0) is 9.59 Å². The van der Waals surface area contributed by atoms with Crippen molar-refractivity contribution < 1.29 is 9.59 Å². The smallest absolute Gasteiger partial charge is 0.245 e. The molecule has 0 aromatic heterocycles. The molecule has 1 aliphatic rings. The van der Waals surface area contributed by atoms with Crippen LogP contribution in [0.3, 0.4) is 0 Å². The molecular formula is C15H28N2O2. The molecule has 0 saturated carbocycles. The molecule has 1 saturated heterocycles. The molecule has 2 amide bonds. The molecule has 1 N–H and O–H groups in total. The highest BCUT2D eigenvalue weighted by atomic mass is 16.2. The summed E-state index contributed by atoms with van der Waals surface area (Å²) in [6, 6.07) is -0.741. The van der Waals surface area contributed by atoms with Crippen LogP contribution in [0.5, 0.6) is 0 Å². The number of carbonyl (C=O) groups excluding carboxylic acids is 2. The molecule has 4 heteroatoms. The van der Waals surface area contributed by atoms with Gasteiger partial charge in [0.25, 0.3) is 0 Å². The predicted octanol–water partition coefficient (Wildman–Crippen LogP) is 2.33. The molecule has 0 aromatic carbocycles. The highest BCUT2D eigenvalue weighted by Gasteiger charge is 2.44. The van der Waals surface area contributed by atoms with Crippen molar-refractivity contribution in [2.45, 2.75) is 72.4 Å². The zero-order valence-corrected chi connectivity index (χ0v) is 13.0. The van der Waals surface area contributed by atoms with Crippen molar-refractivity contribution >= 4 is 11.8 Å². The second-order valence-electron chi connectivity index (χ2n) is 6.59. The minimum absolute atomic E-state index is 0.0184. The van der Waals surface area contributed by atoms with Crippen molar-refractivity contribution in [3.05, 3.63) is 0 Å². The molecule has 1 fully saturated rings. The molecule has 19 heavy (non-hydrogen) atoms. The molecule has 0 aromatic rings. The number of amides is 2. The number of piperazine rings is 1. The van der Waals surface area contributed by atoms with Gasteiger partial charge < -0.3 is 10.2 Å². The average molecular weight is 268 g/mol. The van der Waals surface area contributed by atoms with Gasteiger partial charge in [0.2, 0.25) is 11.8 Å². The van der Waals surface area contributed by atoms with Crippen molar-refractivity contribution in [1.82, 2.24) is 10.2 Å². The molecule has 1 heterocycles. The zero-order chi connectivity index (χ0) is 14.6. The van der Waals surface area contributed by atoms with Crippen LogP contribution in [0.4, 0.5) is 0 Å². The fourth-order valence-electron chi connectivity index (χ4n) is 2.68. The molecule has 0 bridgehead atoms. The van der Waals surface area contributed by atoms with Gasteiger partial charge in [-0.15, -0.1) is 0 Å². The Morgan fingerprint density at radius 3 is 2.32 bits per heavy atom. The lowest BCUT2D eigenvalue weighted by molar-refractivity contribution is -0.153. The third-order valence-electron chi connectivity index (χ3n) is 3.65. The van der Waals surface area contributed by atoms with Crippen LogP contribution in [0.15, 0.2) is 0 Å². The number of hydrogen-bond donors (Lipinski definition) is 1. The first-order chi connectivity index (χ1) is 8.79. The second kappa shape index (κ2) is 6.40. The Labute approximate surface area is 116 Å². The number of unbranched alkanes of at least 4 members (excludes halogenated alkanes) is 3. The third-order valence-corrected chi connectivity index (χ3v) is 3.65. The topological polar surface area (TPSA) is 49.4 Å². The van der Waals surface area contributed by atoms with Crippen LogP contribution < -0.4 is 5.32 Å². The summed E-state index contributed by atoms with van der Waals surface area (Å²) >= 11 is 0. The van der Waals surface area contributed by atoms with Crippen molar-refractivity contribution in [2.24, 2.45) is 5.41 Å². The van der Waals surface area contributed by atoms with E-state index in [2.05, 4.69) is 12.2 Å². The number of nitrogens with one attached hydrogen (secondary N) is 1. The van der Waals surface area contributed by atoms with Crippen LogP contribution in [0, 0.1) is 5.41 Å². The Bertz CT molecular complexity index is 334. The molecular weight excluding hydrogens is 240 g/mol. The summed E-state index contributed by atoms with van der Waals surface area (Å²) in [6.07, 6.45) is 4.46. The Balaban J connectivity index is 2.78. The maximum atomic E-state index is 12.3. The highest BCUT2D eigenvalue weighted by molar-refractivity contribution is 5.97. The largest absolute Gasteiger partial charge is 0.343 e. The van der Waals surface area contributed by atoms with Gasteiger partial charge in [0.15, 0.2) is 0 Å². The Kier molecular flexibility index (Phi) is 5.39. The standard InChI is InChI=1S/C15H28N2O2/c1-6-7-8-9-10-17-12(15(3,4)5)13(18)16-11(2)14(17)19/h11-12H,6-10H2,1-5H3,(H,16,18). The van der Waals surface area contributed by atoms with E-state index in [9.17, 15) is 9.59 Å². The van der Waals surface area contributed by atoms with Crippen molar-refractivity contribution in [2.75, 3.05) is 6.54 Å². The van der Waals surface area contributed by atoms with Gasteiger partial charge in [0, 0.05) is 6.54 Å². The SMILES string of the molecule is CCCCCCN1C(=O)C(C)NC(=O)C1C(C)(C)C. The maximum Gasteiger partial charge on any atom is 0.245 e. The van der Waals surface area contributed by atoms with E-state index in [0.29, 0.717) is 6.54 Å². The van der Waals surface area contributed by atoms with Gasteiger partial charge in [-0.3, -0.25) is 9.59 Å². The Hall–Kier alpha value is -1.06. The Morgan fingerprint density at radius 1 is 1.16 bits per heavy atom. The zero-order valence-electron chi connectivity index (χ0n) is 13.0. The molecule has 1 aliphatic heterocycles. The first-order valence-electron chi connectivity index (χ1n) is 7.40. The summed E-state index contributed by atoms with van der Waals surface area (Å²) in [5.41, 5.74) is -0.232. The molecule has 2 unspecified atom stereocenters. The van der Waals surface area contributed by atoms with Crippen molar-refractivity contribution in [1.29, 1.82) is 0 Å². The van der Waals surface area contributed by atoms with E-state index in [4.69, 9.17) is 0 Å². The van der Waals surface area contributed by atoms with Crippen LogP contribution in [-0.4, -0.2) is 35.3 Å². The summed E-state index contributed by atoms with van der Waals surface area (Å²) in [5.74, 6) is 0.0334. The number of rotatable bonds is 5. The predicted molar refractivity (Wildman–Crippen MR) is 76.7 cm³/mol. The van der Waals surface area contributed by atoms with Gasteiger partial charge in [0.05, 0.1) is 0 Å². The summed E-state index contributed by atoms with van der Waals surface area (Å²) < 4.78 is 0. The van der Waals surface area contributed by atoms with E-state index in [-0.39, 0.29) is 23.3 Å². The number of nitrogens with zero attached hydrogens (tertiary/aromatic N) is 1. The van der Waals surface area contributed by atoms with Crippen LogP contribution >= 0.6 is 0 Å². The Morgan fingerprint density at radius 2 is 1.79 bits per heavy atom. The van der Waals surface area contributed by atoms with Crippen molar-refractivity contribution in [3.8, 4) is 0 Å². The molecule has 0 aliphatic carbocycles. The summed E-state index contributed by atoms with van der Waals surface area (Å²) in [4.78, 5) is 26.3. The van der Waals surface area contributed by atoms with Gasteiger partial charge in [-0.2, -0.15) is 0 Å². The average Bonchev–Trinajstić information content (AvgIpc) is 2.28. The molecule has 1 rings (SSSR count). The molecule has 0 radical (unpaired) electrons. The fourth-order valence-corrected chi connectivity index (χ4v) is 2.68. The van der Waals surface area contributed by atoms with Gasteiger partial charge >= 0.3 is 0 Å². The van der Waals surface area contributed by atoms with E-state index < -0.39 is 6.04 Å². The molecule has 4 nitrogen and oxygen atoms in total. The van der Waals surface area contributed by atoms with Gasteiger partial charge in [-0.1, -0.05) is 47.0 Å². The van der Waals surface area contributed by atoms with E-state index >= 15 is 0 Å². The van der Waals surface area contributed by atoms with Crippen LogP contribution in [0.2, 0.25) is 0 Å². The van der Waals surface area contributed by atoms with Crippen molar-refractivity contribution in [3.63, 3.8) is 0 Å². The van der Waals surface area contributed by atoms with E-state index in [1.54, 1.807) is 11.8 Å². The number of carbonyl (C=O) groups is 2. The molecule has 0 spiro atoms. The number of hydrogen-bond acceptors (Lipinski definition) is 2. The maximum absolute atomic E-state index is 12.3. The lowest BCUT2D eigenvalue weighted by Gasteiger charge is -2.44. The lowest BCUT2D eigenvalue weighted by atomic mass is 9.83. The van der Waals surface area contributed by atoms with Crippen LogP contribution in [0.25, 0.3) is 0 Å². The van der Waals surface area contributed by atoms with E-state index in [1.807, 2.05) is 20.8 Å².